The zero-order chi connectivity index (χ0) is 14.4. The number of nitrogens with one attached hydrogen (secondary N) is 1. The van der Waals surface area contributed by atoms with E-state index in [0.717, 1.165) is 0 Å². The molecule has 0 saturated carbocycles. The van der Waals surface area contributed by atoms with Gasteiger partial charge in [0.05, 0.1) is 24.1 Å². The number of carbonyl (C=O) groups is 1. The standard InChI is InChI=1S/C15H15N3O2/c1-11(13-8-5-6-10-16-13)17-18-15(19)12-7-3-4-9-14(12)20-2/h3-10H,1-2H3,(H,18,19). The van der Waals surface area contributed by atoms with Crippen LogP contribution >= 0.6 is 0 Å². The number of hydrazone groups is 1. The van der Waals surface area contributed by atoms with Gasteiger partial charge in [0, 0.05) is 6.20 Å². The Morgan fingerprint density at radius 2 is 1.95 bits per heavy atom. The van der Waals surface area contributed by atoms with Gasteiger partial charge >= 0.3 is 0 Å². The van der Waals surface area contributed by atoms with E-state index in [-0.39, 0.29) is 5.91 Å². The molecule has 0 unspecified atom stereocenters. The number of carbonyl (C=O) groups excluding carboxylic acids is 1. The molecule has 20 heavy (non-hydrogen) atoms. The van der Waals surface area contributed by atoms with E-state index in [1.165, 1.54) is 7.11 Å². The van der Waals surface area contributed by atoms with E-state index in [1.807, 2.05) is 18.2 Å². The van der Waals surface area contributed by atoms with Crippen LogP contribution in [-0.4, -0.2) is 23.7 Å². The van der Waals surface area contributed by atoms with Crippen LogP contribution < -0.4 is 10.2 Å². The van der Waals surface area contributed by atoms with Crippen molar-refractivity contribution in [2.24, 2.45) is 5.10 Å². The predicted molar refractivity (Wildman–Crippen MR) is 76.9 cm³/mol. The number of para-hydroxylation sites is 1. The molecule has 0 spiro atoms. The van der Waals surface area contributed by atoms with Crippen LogP contribution in [0.3, 0.4) is 0 Å². The van der Waals surface area contributed by atoms with Crippen molar-refractivity contribution >= 4 is 11.6 Å². The van der Waals surface area contributed by atoms with E-state index in [4.69, 9.17) is 4.74 Å². The average molecular weight is 269 g/mol. The summed E-state index contributed by atoms with van der Waals surface area (Å²) >= 11 is 0. The van der Waals surface area contributed by atoms with Crippen LogP contribution in [0.15, 0.2) is 53.8 Å². The molecule has 2 rings (SSSR count). The quantitative estimate of drug-likeness (QED) is 0.684. The number of hydrogen-bond acceptors (Lipinski definition) is 4. The average Bonchev–Trinajstić information content (AvgIpc) is 2.53. The fourth-order valence-corrected chi connectivity index (χ4v) is 1.66. The highest BCUT2D eigenvalue weighted by molar-refractivity contribution is 6.00. The highest BCUT2D eigenvalue weighted by atomic mass is 16.5. The Hall–Kier alpha value is -2.69. The summed E-state index contributed by atoms with van der Waals surface area (Å²) in [4.78, 5) is 16.2. The summed E-state index contributed by atoms with van der Waals surface area (Å²) in [5.74, 6) is 0.188. The molecule has 102 valence electrons. The zero-order valence-electron chi connectivity index (χ0n) is 11.3. The van der Waals surface area contributed by atoms with Crippen LogP contribution in [0, 0.1) is 0 Å². The van der Waals surface area contributed by atoms with Crippen LogP contribution in [0.2, 0.25) is 0 Å². The molecular weight excluding hydrogens is 254 g/mol. The van der Waals surface area contributed by atoms with Crippen molar-refractivity contribution in [2.45, 2.75) is 6.92 Å². The lowest BCUT2D eigenvalue weighted by Crippen LogP contribution is -2.20. The fraction of sp³-hybridized carbons (Fsp3) is 0.133. The third-order valence-electron chi connectivity index (χ3n) is 2.71. The van der Waals surface area contributed by atoms with E-state index >= 15 is 0 Å². The molecule has 1 N–H and O–H groups in total. The maximum Gasteiger partial charge on any atom is 0.275 e. The number of rotatable bonds is 4. The second-order valence-electron chi connectivity index (χ2n) is 4.05. The number of pyridine rings is 1. The Labute approximate surface area is 117 Å². The summed E-state index contributed by atoms with van der Waals surface area (Å²) in [7, 11) is 1.52. The van der Waals surface area contributed by atoms with E-state index in [0.29, 0.717) is 22.7 Å². The van der Waals surface area contributed by atoms with E-state index in [2.05, 4.69) is 15.5 Å². The molecule has 0 saturated heterocycles. The van der Waals surface area contributed by atoms with Crippen molar-refractivity contribution in [3.05, 3.63) is 59.9 Å². The highest BCUT2D eigenvalue weighted by Crippen LogP contribution is 2.16. The first-order valence-corrected chi connectivity index (χ1v) is 6.11. The van der Waals surface area contributed by atoms with Gasteiger partial charge in [-0.3, -0.25) is 9.78 Å². The van der Waals surface area contributed by atoms with Crippen molar-refractivity contribution in [3.63, 3.8) is 0 Å². The van der Waals surface area contributed by atoms with Crippen molar-refractivity contribution in [2.75, 3.05) is 7.11 Å². The molecule has 5 heteroatoms. The molecule has 1 heterocycles. The largest absolute Gasteiger partial charge is 0.496 e. The number of hydrogen-bond donors (Lipinski definition) is 1. The van der Waals surface area contributed by atoms with Gasteiger partial charge in [0.25, 0.3) is 5.91 Å². The molecule has 1 amide bonds. The van der Waals surface area contributed by atoms with E-state index in [9.17, 15) is 4.79 Å². The lowest BCUT2D eigenvalue weighted by Gasteiger charge is -2.06. The van der Waals surface area contributed by atoms with E-state index in [1.54, 1.807) is 37.4 Å². The molecule has 0 radical (unpaired) electrons. The first-order valence-electron chi connectivity index (χ1n) is 6.11. The molecule has 0 aliphatic carbocycles. The minimum atomic E-state index is -0.322. The van der Waals surface area contributed by atoms with Crippen molar-refractivity contribution in [1.82, 2.24) is 10.4 Å². The van der Waals surface area contributed by atoms with Gasteiger partial charge in [-0.1, -0.05) is 18.2 Å². The number of methoxy groups -OCH3 is 1. The molecule has 0 fully saturated rings. The molecule has 5 nitrogen and oxygen atoms in total. The molecule has 0 aliphatic rings. The Balaban J connectivity index is 2.12. The Morgan fingerprint density at radius 1 is 1.20 bits per heavy atom. The zero-order valence-corrected chi connectivity index (χ0v) is 11.3. The van der Waals surface area contributed by atoms with Gasteiger partial charge in [-0.15, -0.1) is 0 Å². The third kappa shape index (κ3) is 3.20. The van der Waals surface area contributed by atoms with Gasteiger partial charge < -0.3 is 4.74 Å². The number of nitrogens with zero attached hydrogens (tertiary/aromatic N) is 2. The van der Waals surface area contributed by atoms with Gasteiger partial charge in [-0.05, 0) is 31.2 Å². The maximum absolute atomic E-state index is 12.0. The number of aromatic nitrogens is 1. The summed E-state index contributed by atoms with van der Waals surface area (Å²) in [5, 5.41) is 4.05. The summed E-state index contributed by atoms with van der Waals surface area (Å²) in [6, 6.07) is 12.5. The number of benzene rings is 1. The van der Waals surface area contributed by atoms with Gasteiger partial charge in [0.2, 0.25) is 0 Å². The van der Waals surface area contributed by atoms with Gasteiger partial charge in [0.15, 0.2) is 0 Å². The van der Waals surface area contributed by atoms with Crippen molar-refractivity contribution in [1.29, 1.82) is 0 Å². The Morgan fingerprint density at radius 3 is 2.65 bits per heavy atom. The van der Waals surface area contributed by atoms with Gasteiger partial charge in [-0.25, -0.2) is 5.43 Å². The van der Waals surface area contributed by atoms with Crippen LogP contribution in [0.5, 0.6) is 5.75 Å². The monoisotopic (exact) mass is 269 g/mol. The summed E-state index contributed by atoms with van der Waals surface area (Å²) in [5.41, 5.74) is 4.29. The van der Waals surface area contributed by atoms with Crippen molar-refractivity contribution < 1.29 is 9.53 Å². The fourth-order valence-electron chi connectivity index (χ4n) is 1.66. The second-order valence-corrected chi connectivity index (χ2v) is 4.05. The minimum Gasteiger partial charge on any atom is -0.496 e. The molecule has 1 aromatic carbocycles. The lowest BCUT2D eigenvalue weighted by atomic mass is 10.2. The molecular formula is C15H15N3O2. The van der Waals surface area contributed by atoms with Crippen LogP contribution in [0.25, 0.3) is 0 Å². The summed E-state index contributed by atoms with van der Waals surface area (Å²) < 4.78 is 5.14. The first-order chi connectivity index (χ1) is 9.72. The van der Waals surface area contributed by atoms with E-state index < -0.39 is 0 Å². The van der Waals surface area contributed by atoms with Crippen molar-refractivity contribution in [3.8, 4) is 5.75 Å². The van der Waals surface area contributed by atoms with Crippen LogP contribution in [0.4, 0.5) is 0 Å². The molecule has 1 aromatic heterocycles. The van der Waals surface area contributed by atoms with Crippen LogP contribution in [-0.2, 0) is 0 Å². The third-order valence-corrected chi connectivity index (χ3v) is 2.71. The van der Waals surface area contributed by atoms with Crippen LogP contribution in [0.1, 0.15) is 23.0 Å². The molecule has 0 atom stereocenters. The highest BCUT2D eigenvalue weighted by Gasteiger charge is 2.10. The summed E-state index contributed by atoms with van der Waals surface area (Å²) in [6.07, 6.45) is 1.68. The lowest BCUT2D eigenvalue weighted by molar-refractivity contribution is 0.0952. The first kappa shape index (κ1) is 13.7. The Kier molecular flexibility index (Phi) is 4.44. The SMILES string of the molecule is COc1ccccc1C(=O)NN=C(C)c1ccccn1. The molecule has 0 aliphatic heterocycles. The predicted octanol–water partition coefficient (Wildman–Crippen LogP) is 2.24. The number of ether oxygens (including phenoxy) is 1. The smallest absolute Gasteiger partial charge is 0.275 e. The topological polar surface area (TPSA) is 63.6 Å². The minimum absolute atomic E-state index is 0.322. The summed E-state index contributed by atoms with van der Waals surface area (Å²) in [6.45, 7) is 1.78. The second kappa shape index (κ2) is 6.47. The van der Waals surface area contributed by atoms with Gasteiger partial charge in [-0.2, -0.15) is 5.10 Å². The van der Waals surface area contributed by atoms with Gasteiger partial charge in [0.1, 0.15) is 5.75 Å². The number of amides is 1. The molecule has 0 bridgehead atoms. The maximum atomic E-state index is 12.0. The molecule has 2 aromatic rings. The Bertz CT molecular complexity index is 624. The normalized spacial score (nSPS) is 11.0.